The highest BCUT2D eigenvalue weighted by Crippen LogP contribution is 2.34. The average Bonchev–Trinajstić information content (AvgIpc) is 2.89. The van der Waals surface area contributed by atoms with Crippen LogP contribution in [0.4, 0.5) is 0 Å². The molecular weight excluding hydrogens is 246 g/mol. The number of piperidine rings is 1. The van der Waals surface area contributed by atoms with E-state index in [1.54, 1.807) is 0 Å². The van der Waals surface area contributed by atoms with Gasteiger partial charge in [-0.1, -0.05) is 27.2 Å². The molecule has 2 aliphatic rings. The zero-order chi connectivity index (χ0) is 14.6. The summed E-state index contributed by atoms with van der Waals surface area (Å²) in [4.78, 5) is 5.39. The lowest BCUT2D eigenvalue weighted by atomic mass is 9.85. The monoisotopic (exact) mass is 281 g/mol. The number of rotatable bonds is 6. The van der Waals surface area contributed by atoms with Crippen molar-refractivity contribution in [3.8, 4) is 0 Å². The molecule has 0 radical (unpaired) electrons. The average molecular weight is 281 g/mol. The Hall–Kier alpha value is -0.120. The molecule has 0 aliphatic carbocycles. The third kappa shape index (κ3) is 3.75. The fraction of sp³-hybridized carbons (Fsp3) is 1.00. The van der Waals surface area contributed by atoms with Crippen LogP contribution in [-0.2, 0) is 0 Å². The predicted molar refractivity (Wildman–Crippen MR) is 86.9 cm³/mol. The van der Waals surface area contributed by atoms with Crippen molar-refractivity contribution >= 4 is 0 Å². The predicted octanol–water partition coefficient (Wildman–Crippen LogP) is 2.56. The SMILES string of the molecule is CCCC1CCN(C2(CN)CCN(CC(C)C)CC2)C1. The molecule has 2 saturated heterocycles. The van der Waals surface area contributed by atoms with E-state index in [0.717, 1.165) is 18.4 Å². The summed E-state index contributed by atoms with van der Waals surface area (Å²) < 4.78 is 0. The summed E-state index contributed by atoms with van der Waals surface area (Å²) >= 11 is 0. The minimum Gasteiger partial charge on any atom is -0.329 e. The minimum atomic E-state index is 0.315. The van der Waals surface area contributed by atoms with Crippen molar-refractivity contribution in [3.05, 3.63) is 0 Å². The van der Waals surface area contributed by atoms with Crippen molar-refractivity contribution in [2.75, 3.05) is 39.3 Å². The molecule has 0 aromatic carbocycles. The Morgan fingerprint density at radius 3 is 2.45 bits per heavy atom. The van der Waals surface area contributed by atoms with Gasteiger partial charge in [-0.3, -0.25) is 4.90 Å². The Balaban J connectivity index is 1.89. The zero-order valence-electron chi connectivity index (χ0n) is 13.9. The molecule has 118 valence electrons. The van der Waals surface area contributed by atoms with Crippen LogP contribution in [-0.4, -0.2) is 54.6 Å². The number of nitrogens with zero attached hydrogens (tertiary/aromatic N) is 2. The minimum absolute atomic E-state index is 0.315. The normalized spacial score (nSPS) is 28.4. The van der Waals surface area contributed by atoms with Crippen LogP contribution in [0.25, 0.3) is 0 Å². The first kappa shape index (κ1) is 16.3. The summed E-state index contributed by atoms with van der Waals surface area (Å²) in [5.41, 5.74) is 6.54. The molecule has 2 fully saturated rings. The lowest BCUT2D eigenvalue weighted by Crippen LogP contribution is -2.59. The van der Waals surface area contributed by atoms with Crippen molar-refractivity contribution in [2.45, 2.75) is 58.4 Å². The largest absolute Gasteiger partial charge is 0.329 e. The molecule has 1 unspecified atom stereocenters. The lowest BCUT2D eigenvalue weighted by molar-refractivity contribution is 0.0371. The van der Waals surface area contributed by atoms with Crippen molar-refractivity contribution in [1.82, 2.24) is 9.80 Å². The van der Waals surface area contributed by atoms with E-state index < -0.39 is 0 Å². The quantitative estimate of drug-likeness (QED) is 0.812. The fourth-order valence-electron chi connectivity index (χ4n) is 4.23. The maximum Gasteiger partial charge on any atom is 0.0356 e. The summed E-state index contributed by atoms with van der Waals surface area (Å²) in [7, 11) is 0. The molecule has 2 aliphatic heterocycles. The van der Waals surface area contributed by atoms with Gasteiger partial charge in [0.05, 0.1) is 0 Å². The van der Waals surface area contributed by atoms with Crippen LogP contribution in [0.3, 0.4) is 0 Å². The van der Waals surface area contributed by atoms with Gasteiger partial charge >= 0.3 is 0 Å². The molecule has 20 heavy (non-hydrogen) atoms. The highest BCUT2D eigenvalue weighted by Gasteiger charge is 2.41. The Morgan fingerprint density at radius 1 is 1.20 bits per heavy atom. The standard InChI is InChI=1S/C17H35N3/c1-4-5-16-6-9-20(13-16)17(14-18)7-10-19(11-8-17)12-15(2)3/h15-16H,4-14,18H2,1-3H3. The second-order valence-corrected chi connectivity index (χ2v) is 7.51. The molecule has 0 aromatic heterocycles. The van der Waals surface area contributed by atoms with Gasteiger partial charge in [0.25, 0.3) is 0 Å². The number of nitrogens with two attached hydrogens (primary N) is 1. The lowest BCUT2D eigenvalue weighted by Gasteiger charge is -2.47. The van der Waals surface area contributed by atoms with Crippen LogP contribution < -0.4 is 5.73 Å². The zero-order valence-corrected chi connectivity index (χ0v) is 13.9. The van der Waals surface area contributed by atoms with Gasteiger partial charge in [0.1, 0.15) is 0 Å². The van der Waals surface area contributed by atoms with Gasteiger partial charge in [-0.2, -0.15) is 0 Å². The van der Waals surface area contributed by atoms with E-state index in [-0.39, 0.29) is 0 Å². The number of hydrogen-bond acceptors (Lipinski definition) is 3. The molecule has 2 heterocycles. The molecule has 0 bridgehead atoms. The fourth-order valence-corrected chi connectivity index (χ4v) is 4.23. The topological polar surface area (TPSA) is 32.5 Å². The highest BCUT2D eigenvalue weighted by molar-refractivity contribution is 4.99. The van der Waals surface area contributed by atoms with Crippen molar-refractivity contribution in [1.29, 1.82) is 0 Å². The maximum atomic E-state index is 6.22. The summed E-state index contributed by atoms with van der Waals surface area (Å²) in [5.74, 6) is 1.71. The molecule has 3 heteroatoms. The molecule has 0 amide bonds. The van der Waals surface area contributed by atoms with Gasteiger partial charge in [-0.25, -0.2) is 0 Å². The van der Waals surface area contributed by atoms with Crippen molar-refractivity contribution < 1.29 is 0 Å². The van der Waals surface area contributed by atoms with E-state index >= 15 is 0 Å². The molecule has 1 atom stereocenters. The molecule has 0 spiro atoms. The Bertz CT molecular complexity index is 282. The van der Waals surface area contributed by atoms with Gasteiger partial charge in [-0.15, -0.1) is 0 Å². The molecule has 3 nitrogen and oxygen atoms in total. The van der Waals surface area contributed by atoms with Gasteiger partial charge in [0, 0.05) is 25.2 Å². The summed E-state index contributed by atoms with van der Waals surface area (Å²) in [6.07, 6.45) is 6.67. The Kier molecular flexibility index (Phi) is 5.88. The number of likely N-dealkylation sites (tertiary alicyclic amines) is 2. The van der Waals surface area contributed by atoms with Crippen LogP contribution in [0.2, 0.25) is 0 Å². The summed E-state index contributed by atoms with van der Waals surface area (Å²) in [6.45, 7) is 14.1. The van der Waals surface area contributed by atoms with Crippen molar-refractivity contribution in [3.63, 3.8) is 0 Å². The third-order valence-electron chi connectivity index (χ3n) is 5.44. The first-order chi connectivity index (χ1) is 9.59. The van der Waals surface area contributed by atoms with Gasteiger partial charge in [-0.05, 0) is 57.2 Å². The van der Waals surface area contributed by atoms with E-state index in [4.69, 9.17) is 5.73 Å². The Morgan fingerprint density at radius 2 is 1.90 bits per heavy atom. The van der Waals surface area contributed by atoms with Crippen LogP contribution in [0, 0.1) is 11.8 Å². The second kappa shape index (κ2) is 7.24. The van der Waals surface area contributed by atoms with Crippen LogP contribution in [0.1, 0.15) is 52.9 Å². The molecular formula is C17H35N3. The van der Waals surface area contributed by atoms with Crippen LogP contribution in [0.15, 0.2) is 0 Å². The molecule has 2 N–H and O–H groups in total. The Labute approximate surface area is 125 Å². The van der Waals surface area contributed by atoms with Gasteiger partial charge in [0.15, 0.2) is 0 Å². The maximum absolute atomic E-state index is 6.22. The van der Waals surface area contributed by atoms with E-state index in [0.29, 0.717) is 5.54 Å². The first-order valence-electron chi connectivity index (χ1n) is 8.77. The van der Waals surface area contributed by atoms with Gasteiger partial charge in [0.2, 0.25) is 0 Å². The molecule has 0 aromatic rings. The van der Waals surface area contributed by atoms with E-state index in [2.05, 4.69) is 30.6 Å². The molecule has 2 rings (SSSR count). The first-order valence-corrected chi connectivity index (χ1v) is 8.77. The summed E-state index contributed by atoms with van der Waals surface area (Å²) in [5, 5.41) is 0. The van der Waals surface area contributed by atoms with E-state index in [1.165, 1.54) is 64.8 Å². The van der Waals surface area contributed by atoms with Crippen molar-refractivity contribution in [2.24, 2.45) is 17.6 Å². The second-order valence-electron chi connectivity index (χ2n) is 7.51. The smallest absolute Gasteiger partial charge is 0.0356 e. The van der Waals surface area contributed by atoms with Crippen LogP contribution in [0.5, 0.6) is 0 Å². The van der Waals surface area contributed by atoms with Gasteiger partial charge < -0.3 is 10.6 Å². The molecule has 0 saturated carbocycles. The third-order valence-corrected chi connectivity index (χ3v) is 5.44. The van der Waals surface area contributed by atoms with E-state index in [9.17, 15) is 0 Å². The van der Waals surface area contributed by atoms with Crippen LogP contribution >= 0.6 is 0 Å². The summed E-state index contributed by atoms with van der Waals surface area (Å²) in [6, 6.07) is 0. The van der Waals surface area contributed by atoms with E-state index in [1.807, 2.05) is 0 Å². The number of hydrogen-bond donors (Lipinski definition) is 1. The highest BCUT2D eigenvalue weighted by atomic mass is 15.3.